The van der Waals surface area contributed by atoms with E-state index >= 15 is 0 Å². The van der Waals surface area contributed by atoms with E-state index in [0.717, 1.165) is 36.6 Å². The Labute approximate surface area is 211 Å². The third kappa shape index (κ3) is 5.08. The molecule has 4 aromatic rings. The summed E-state index contributed by atoms with van der Waals surface area (Å²) >= 11 is 0. The molecule has 0 bridgehead atoms. The van der Waals surface area contributed by atoms with E-state index in [-0.39, 0.29) is 5.82 Å². The highest BCUT2D eigenvalue weighted by molar-refractivity contribution is 5.77. The minimum Gasteiger partial charge on any atom is -0.493 e. The number of ether oxygens (including phenoxy) is 1. The number of halogens is 1. The number of benzene rings is 3. The largest absolute Gasteiger partial charge is 0.493 e. The highest BCUT2D eigenvalue weighted by Gasteiger charge is 2.19. The third-order valence-corrected chi connectivity index (χ3v) is 6.42. The zero-order valence-corrected chi connectivity index (χ0v) is 20.4. The van der Waals surface area contributed by atoms with Gasteiger partial charge in [-0.2, -0.15) is 0 Å². The zero-order valence-electron chi connectivity index (χ0n) is 20.4. The van der Waals surface area contributed by atoms with Gasteiger partial charge in [0.1, 0.15) is 11.6 Å². The second-order valence-corrected chi connectivity index (χ2v) is 8.78. The summed E-state index contributed by atoms with van der Waals surface area (Å²) in [4.78, 5) is 11.5. The second kappa shape index (κ2) is 10.6. The number of nitrogens with zero attached hydrogens (tertiary/aromatic N) is 3. The van der Waals surface area contributed by atoms with E-state index < -0.39 is 0 Å². The smallest absolute Gasteiger partial charge is 0.223 e. The molecule has 0 fully saturated rings. The fraction of sp³-hybridized carbons (Fsp3) is 0.200. The van der Waals surface area contributed by atoms with Gasteiger partial charge in [-0.15, -0.1) is 0 Å². The van der Waals surface area contributed by atoms with Gasteiger partial charge in [0.2, 0.25) is 5.95 Å². The molecular weight excluding hydrogens is 451 g/mol. The summed E-state index contributed by atoms with van der Waals surface area (Å²) in [6, 6.07) is 23.1. The van der Waals surface area contributed by atoms with E-state index in [9.17, 15) is 4.39 Å². The number of nitrogens with one attached hydrogen (secondary N) is 1. The molecule has 36 heavy (non-hydrogen) atoms. The first kappa shape index (κ1) is 23.5. The lowest BCUT2D eigenvalue weighted by molar-refractivity contribution is 0.356. The molecule has 1 N–H and O–H groups in total. The lowest BCUT2D eigenvalue weighted by Crippen LogP contribution is -2.21. The Morgan fingerprint density at radius 2 is 1.86 bits per heavy atom. The van der Waals surface area contributed by atoms with Crippen LogP contribution in [0.4, 0.5) is 10.3 Å². The molecule has 3 aromatic carbocycles. The highest BCUT2D eigenvalue weighted by Crippen LogP contribution is 2.32. The lowest BCUT2D eigenvalue weighted by atomic mass is 10.0. The van der Waals surface area contributed by atoms with Crippen LogP contribution in [0.25, 0.3) is 17.0 Å². The minimum atomic E-state index is -0.335. The van der Waals surface area contributed by atoms with E-state index in [0.29, 0.717) is 35.9 Å². The van der Waals surface area contributed by atoms with Crippen LogP contribution in [0.5, 0.6) is 5.75 Å². The van der Waals surface area contributed by atoms with Gasteiger partial charge >= 0.3 is 0 Å². The number of hydrogen-bond donors (Lipinski definition) is 1. The third-order valence-electron chi connectivity index (χ3n) is 6.42. The maximum Gasteiger partial charge on any atom is 0.223 e. The fourth-order valence-electron chi connectivity index (χ4n) is 4.41. The maximum absolute atomic E-state index is 14.9. The molecule has 5 nitrogen and oxygen atoms in total. The zero-order chi connectivity index (χ0) is 24.9. The highest BCUT2D eigenvalue weighted by atomic mass is 19.1. The Hall–Kier alpha value is -4.19. The average Bonchev–Trinajstić information content (AvgIpc) is 3.39. The number of hydrogen-bond acceptors (Lipinski definition) is 5. The summed E-state index contributed by atoms with van der Waals surface area (Å²) in [6.45, 7) is 9.12. The number of rotatable bonds is 9. The van der Waals surface area contributed by atoms with Crippen molar-refractivity contribution in [1.82, 2.24) is 14.9 Å². The van der Waals surface area contributed by atoms with Crippen molar-refractivity contribution in [2.75, 3.05) is 18.5 Å². The van der Waals surface area contributed by atoms with E-state index in [1.165, 1.54) is 17.2 Å². The van der Waals surface area contributed by atoms with Gasteiger partial charge in [-0.05, 0) is 41.8 Å². The van der Waals surface area contributed by atoms with Crippen molar-refractivity contribution in [3.05, 3.63) is 114 Å². The van der Waals surface area contributed by atoms with Gasteiger partial charge in [-0.3, -0.25) is 0 Å². The first-order valence-electron chi connectivity index (χ1n) is 12.2. The number of fused-ring (bicyclic) bond motifs is 1. The molecule has 0 radical (unpaired) electrons. The van der Waals surface area contributed by atoms with Crippen LogP contribution in [0.2, 0.25) is 0 Å². The van der Waals surface area contributed by atoms with Gasteiger partial charge in [0.25, 0.3) is 0 Å². The standard InChI is InChI=1S/C30H29FN4O/c1-3-35(20-22-9-5-4-6-10-22)21(2)26-19-33-30(34-29(26)25-11-7-8-12-27(25)31)32-18-23-13-14-24-15-16-36-28(24)17-23/h4-14,17,19H,2-3,15-16,18,20H2,1H3,(H,32,33,34). The lowest BCUT2D eigenvalue weighted by Gasteiger charge is -2.26. The van der Waals surface area contributed by atoms with Crippen molar-refractivity contribution >= 4 is 11.6 Å². The van der Waals surface area contributed by atoms with Gasteiger partial charge in [-0.25, -0.2) is 14.4 Å². The molecule has 2 heterocycles. The van der Waals surface area contributed by atoms with Crippen LogP contribution in [-0.2, 0) is 19.5 Å². The van der Waals surface area contributed by atoms with Crippen LogP contribution >= 0.6 is 0 Å². The van der Waals surface area contributed by atoms with Gasteiger partial charge in [0.05, 0.1) is 12.3 Å². The van der Waals surface area contributed by atoms with Crippen molar-refractivity contribution in [1.29, 1.82) is 0 Å². The number of aromatic nitrogens is 2. The average molecular weight is 481 g/mol. The molecule has 0 atom stereocenters. The van der Waals surface area contributed by atoms with Crippen LogP contribution in [-0.4, -0.2) is 28.0 Å². The molecule has 182 valence electrons. The molecule has 0 saturated heterocycles. The molecular formula is C30H29FN4O. The summed E-state index contributed by atoms with van der Waals surface area (Å²) in [5, 5.41) is 3.29. The quantitative estimate of drug-likeness (QED) is 0.304. The molecule has 6 heteroatoms. The molecule has 0 amide bonds. The Morgan fingerprint density at radius 3 is 2.67 bits per heavy atom. The van der Waals surface area contributed by atoms with Crippen molar-refractivity contribution < 1.29 is 9.13 Å². The molecule has 1 aromatic heterocycles. The van der Waals surface area contributed by atoms with Gasteiger partial charge in [0.15, 0.2) is 0 Å². The summed E-state index contributed by atoms with van der Waals surface area (Å²) < 4.78 is 20.6. The van der Waals surface area contributed by atoms with Gasteiger partial charge in [-0.1, -0.05) is 61.2 Å². The summed E-state index contributed by atoms with van der Waals surface area (Å²) in [5.41, 5.74) is 5.86. The molecule has 1 aliphatic rings. The first-order chi connectivity index (χ1) is 17.6. The number of anilines is 1. The minimum absolute atomic E-state index is 0.335. The normalized spacial score (nSPS) is 12.1. The first-order valence-corrected chi connectivity index (χ1v) is 12.2. The Bertz CT molecular complexity index is 1370. The van der Waals surface area contributed by atoms with Crippen LogP contribution in [0.3, 0.4) is 0 Å². The van der Waals surface area contributed by atoms with Crippen LogP contribution < -0.4 is 10.1 Å². The fourth-order valence-corrected chi connectivity index (χ4v) is 4.41. The molecule has 0 saturated carbocycles. The Kier molecular flexibility index (Phi) is 6.94. The van der Waals surface area contributed by atoms with Crippen molar-refractivity contribution in [2.45, 2.75) is 26.4 Å². The van der Waals surface area contributed by atoms with Crippen molar-refractivity contribution in [3.8, 4) is 17.0 Å². The SMILES string of the molecule is C=C(c1cnc(NCc2ccc3c(c2)OCC3)nc1-c1ccccc1F)N(CC)Cc1ccccc1. The molecule has 0 unspecified atom stereocenters. The topological polar surface area (TPSA) is 50.3 Å². The van der Waals surface area contributed by atoms with E-state index in [4.69, 9.17) is 9.72 Å². The maximum atomic E-state index is 14.9. The monoisotopic (exact) mass is 480 g/mol. The van der Waals surface area contributed by atoms with Crippen molar-refractivity contribution in [2.24, 2.45) is 0 Å². The van der Waals surface area contributed by atoms with E-state index in [2.05, 4.69) is 53.0 Å². The van der Waals surface area contributed by atoms with Crippen LogP contribution in [0.1, 0.15) is 29.2 Å². The summed E-state index contributed by atoms with van der Waals surface area (Å²) in [6.07, 6.45) is 2.68. The predicted octanol–water partition coefficient (Wildman–Crippen LogP) is 6.32. The van der Waals surface area contributed by atoms with E-state index in [1.54, 1.807) is 18.3 Å². The summed E-state index contributed by atoms with van der Waals surface area (Å²) in [5.74, 6) is 1.03. The molecule has 0 aliphatic carbocycles. The molecule has 1 aliphatic heterocycles. The Morgan fingerprint density at radius 1 is 1.06 bits per heavy atom. The Balaban J connectivity index is 1.44. The summed E-state index contributed by atoms with van der Waals surface area (Å²) in [7, 11) is 0. The van der Waals surface area contributed by atoms with Crippen molar-refractivity contribution in [3.63, 3.8) is 0 Å². The second-order valence-electron chi connectivity index (χ2n) is 8.78. The molecule has 5 rings (SSSR count). The van der Waals surface area contributed by atoms with Gasteiger partial charge < -0.3 is 15.0 Å². The van der Waals surface area contributed by atoms with Gasteiger partial charge in [0, 0.05) is 49.1 Å². The predicted molar refractivity (Wildman–Crippen MR) is 142 cm³/mol. The van der Waals surface area contributed by atoms with Crippen LogP contribution in [0.15, 0.2) is 85.6 Å². The van der Waals surface area contributed by atoms with Crippen LogP contribution in [0, 0.1) is 5.82 Å². The molecule has 0 spiro atoms. The van der Waals surface area contributed by atoms with E-state index in [1.807, 2.05) is 30.3 Å².